The first kappa shape index (κ1) is 40.0. The number of carbonyl (C=O) groups excluding carboxylic acids is 4. The minimum absolute atomic E-state index is 0.0197. The number of benzene rings is 2. The summed E-state index contributed by atoms with van der Waals surface area (Å²) in [6.07, 6.45) is 1.33. The Hall–Kier alpha value is -4.75. The van der Waals surface area contributed by atoms with Gasteiger partial charge in [0.05, 0.1) is 23.9 Å². The molecular weight excluding hydrogens is 662 g/mol. The maximum atomic E-state index is 13.4. The van der Waals surface area contributed by atoms with Gasteiger partial charge in [-0.1, -0.05) is 44.2 Å². The van der Waals surface area contributed by atoms with Gasteiger partial charge in [-0.15, -0.1) is 0 Å². The van der Waals surface area contributed by atoms with Gasteiger partial charge in [0.1, 0.15) is 17.8 Å². The molecule has 13 heteroatoms. The number of aromatic nitrogens is 2. The van der Waals surface area contributed by atoms with E-state index >= 15 is 0 Å². The van der Waals surface area contributed by atoms with Crippen LogP contribution in [0.1, 0.15) is 69.0 Å². The predicted molar refractivity (Wildman–Crippen MR) is 199 cm³/mol. The van der Waals surface area contributed by atoms with E-state index in [4.69, 9.17) is 9.84 Å². The van der Waals surface area contributed by atoms with Gasteiger partial charge in [-0.3, -0.25) is 24.1 Å². The van der Waals surface area contributed by atoms with Crippen molar-refractivity contribution >= 4 is 23.6 Å². The van der Waals surface area contributed by atoms with Crippen molar-refractivity contribution in [3.63, 3.8) is 0 Å². The van der Waals surface area contributed by atoms with Gasteiger partial charge >= 0.3 is 0 Å². The molecule has 2 aromatic carbocycles. The van der Waals surface area contributed by atoms with E-state index in [2.05, 4.69) is 33.1 Å². The molecule has 0 saturated heterocycles. The van der Waals surface area contributed by atoms with Crippen molar-refractivity contribution in [2.45, 2.75) is 91.5 Å². The average molecular weight is 718 g/mol. The molecular formula is C39H55N7O6. The van der Waals surface area contributed by atoms with Crippen LogP contribution in [0.2, 0.25) is 0 Å². The van der Waals surface area contributed by atoms with E-state index in [9.17, 15) is 24.3 Å². The number of aliphatic hydroxyl groups excluding tert-OH is 1. The number of amides is 4. The molecule has 3 atom stereocenters. The first-order chi connectivity index (χ1) is 24.9. The monoisotopic (exact) mass is 717 g/mol. The zero-order chi connectivity index (χ0) is 37.6. The third-order valence-electron chi connectivity index (χ3n) is 9.05. The number of hydrogen-bond donors (Lipinski definition) is 5. The molecule has 1 aliphatic heterocycles. The van der Waals surface area contributed by atoms with Crippen molar-refractivity contribution in [3.8, 4) is 11.4 Å². The maximum Gasteiger partial charge on any atom is 0.257 e. The molecule has 2 bridgehead atoms. The molecule has 5 N–H and O–H groups in total. The number of aryl methyl sites for hydroxylation is 1. The van der Waals surface area contributed by atoms with E-state index in [-0.39, 0.29) is 30.8 Å². The van der Waals surface area contributed by atoms with E-state index in [0.717, 1.165) is 42.1 Å². The molecule has 52 heavy (non-hydrogen) atoms. The Morgan fingerprint density at radius 1 is 0.865 bits per heavy atom. The number of para-hydroxylation sites is 1. The van der Waals surface area contributed by atoms with E-state index in [0.29, 0.717) is 50.2 Å². The third kappa shape index (κ3) is 12.2. The smallest absolute Gasteiger partial charge is 0.257 e. The first-order valence-corrected chi connectivity index (χ1v) is 18.3. The first-order valence-electron chi connectivity index (χ1n) is 18.3. The lowest BCUT2D eigenvalue weighted by molar-refractivity contribution is -0.134. The van der Waals surface area contributed by atoms with Gasteiger partial charge in [0.25, 0.3) is 5.91 Å². The lowest BCUT2D eigenvalue weighted by Crippen LogP contribution is -2.57. The fourth-order valence-electron chi connectivity index (χ4n) is 6.27. The molecule has 0 radical (unpaired) electrons. The summed E-state index contributed by atoms with van der Waals surface area (Å²) in [5.74, 6) is -1.14. The molecule has 13 nitrogen and oxygen atoms in total. The van der Waals surface area contributed by atoms with Crippen molar-refractivity contribution in [1.29, 1.82) is 0 Å². The zero-order valence-electron chi connectivity index (χ0n) is 31.1. The second-order valence-electron chi connectivity index (χ2n) is 14.0. The summed E-state index contributed by atoms with van der Waals surface area (Å²) in [6.45, 7) is 12.2. The highest BCUT2D eigenvalue weighted by Crippen LogP contribution is 2.20. The number of hydrogen-bond acceptors (Lipinski definition) is 8. The maximum absolute atomic E-state index is 13.4. The van der Waals surface area contributed by atoms with Gasteiger partial charge in [-0.25, -0.2) is 4.68 Å². The van der Waals surface area contributed by atoms with E-state index in [1.54, 1.807) is 24.3 Å². The number of nitrogens with one attached hydrogen (secondary N) is 4. The van der Waals surface area contributed by atoms with Crippen molar-refractivity contribution in [1.82, 2.24) is 35.9 Å². The molecule has 2 heterocycles. The molecule has 0 fully saturated rings. The quantitative estimate of drug-likeness (QED) is 0.260. The topological polar surface area (TPSA) is 167 Å². The molecule has 4 rings (SSSR count). The largest absolute Gasteiger partial charge is 0.484 e. The second-order valence-corrected chi connectivity index (χ2v) is 14.0. The molecule has 3 aromatic rings. The predicted octanol–water partition coefficient (Wildman–Crippen LogP) is 2.73. The molecule has 0 unspecified atom stereocenters. The number of nitrogens with zero attached hydrogens (tertiary/aromatic N) is 3. The average Bonchev–Trinajstić information content (AvgIpc) is 3.38. The van der Waals surface area contributed by atoms with Crippen LogP contribution in [0.4, 0.5) is 0 Å². The minimum atomic E-state index is -1.18. The molecule has 282 valence electrons. The van der Waals surface area contributed by atoms with Crippen LogP contribution in [-0.2, 0) is 32.1 Å². The molecule has 4 amide bonds. The summed E-state index contributed by atoms with van der Waals surface area (Å²) in [7, 11) is 0. The van der Waals surface area contributed by atoms with Crippen molar-refractivity contribution in [2.24, 2.45) is 5.92 Å². The Balaban J connectivity index is 1.49. The second kappa shape index (κ2) is 19.7. The Bertz CT molecular complexity index is 1640. The molecule has 0 saturated carbocycles. The molecule has 1 aliphatic rings. The van der Waals surface area contributed by atoms with Crippen LogP contribution in [0, 0.1) is 19.8 Å². The van der Waals surface area contributed by atoms with Gasteiger partial charge in [0.15, 0.2) is 6.61 Å². The van der Waals surface area contributed by atoms with Crippen molar-refractivity contribution in [2.75, 3.05) is 32.8 Å². The summed E-state index contributed by atoms with van der Waals surface area (Å²) in [6, 6.07) is 14.9. The third-order valence-corrected chi connectivity index (χ3v) is 9.05. The number of aliphatic hydroxyl groups is 1. The van der Waals surface area contributed by atoms with Crippen molar-refractivity contribution in [3.05, 3.63) is 77.1 Å². The highest BCUT2D eigenvalue weighted by molar-refractivity contribution is 5.92. The normalized spacial score (nSPS) is 20.1. The molecule has 0 spiro atoms. The van der Waals surface area contributed by atoms with E-state index in [1.807, 2.05) is 55.8 Å². The number of fused-ring (bicyclic) bond motifs is 2. The summed E-state index contributed by atoms with van der Waals surface area (Å²) in [5.41, 5.74) is 4.81. The van der Waals surface area contributed by atoms with E-state index in [1.165, 1.54) is 6.92 Å². The SMILES string of the molecule is Cc1nn(-c2ccccc2)c(C)c1CN1CCCCNC(=O)[C@H]([C@@H](C)O)NC(=O)[C@@H](CC(C)C)NC(=O)Cc2cccc(c2)OCC(=O)NCCC1. The highest BCUT2D eigenvalue weighted by Gasteiger charge is 2.30. The summed E-state index contributed by atoms with van der Waals surface area (Å²) >= 11 is 0. The lowest BCUT2D eigenvalue weighted by Gasteiger charge is -2.26. The van der Waals surface area contributed by atoms with Gasteiger partial charge in [-0.2, -0.15) is 5.10 Å². The van der Waals surface area contributed by atoms with Gasteiger partial charge < -0.3 is 31.1 Å². The molecule has 1 aromatic heterocycles. The minimum Gasteiger partial charge on any atom is -0.484 e. The number of carbonyl (C=O) groups is 4. The fourth-order valence-corrected chi connectivity index (χ4v) is 6.27. The lowest BCUT2D eigenvalue weighted by atomic mass is 10.0. The number of rotatable bonds is 6. The summed E-state index contributed by atoms with van der Waals surface area (Å²) < 4.78 is 7.71. The van der Waals surface area contributed by atoms with Crippen LogP contribution in [0.15, 0.2) is 54.6 Å². The van der Waals surface area contributed by atoms with Crippen LogP contribution in [0.3, 0.4) is 0 Å². The standard InChI is InChI=1S/C39H55N7O6/c1-26(2)21-34-38(50)43-37(29(5)47)39(51)41-17-9-10-19-45(24-33-27(3)44-46(28(33)4)31-14-7-6-8-15-31)20-12-18-40-36(49)25-52-32-16-11-13-30(22-32)23-35(48)42-34/h6-8,11,13-16,22,26,29,34,37,47H,9-10,12,17-21,23-25H2,1-5H3,(H,40,49)(H,41,51)(H,42,48)(H,43,50)/t29-,34-,37+/m1/s1. The molecule has 0 aliphatic carbocycles. The van der Waals surface area contributed by atoms with Crippen LogP contribution >= 0.6 is 0 Å². The van der Waals surface area contributed by atoms with Gasteiger partial charge in [0.2, 0.25) is 17.7 Å². The fraction of sp³-hybridized carbons (Fsp3) is 0.513. The highest BCUT2D eigenvalue weighted by atomic mass is 16.5. The van der Waals surface area contributed by atoms with E-state index < -0.39 is 30.0 Å². The van der Waals surface area contributed by atoms with Crippen LogP contribution < -0.4 is 26.0 Å². The van der Waals surface area contributed by atoms with Crippen LogP contribution in [0.25, 0.3) is 5.69 Å². The Morgan fingerprint density at radius 2 is 1.60 bits per heavy atom. The van der Waals surface area contributed by atoms with Gasteiger partial charge in [-0.05, 0) is 88.7 Å². The van der Waals surface area contributed by atoms with Crippen LogP contribution in [0.5, 0.6) is 5.75 Å². The van der Waals surface area contributed by atoms with Crippen molar-refractivity contribution < 1.29 is 29.0 Å². The zero-order valence-corrected chi connectivity index (χ0v) is 31.1. The van der Waals surface area contributed by atoms with Gasteiger partial charge in [0, 0.05) is 37.4 Å². The number of ether oxygens (including phenoxy) is 1. The Kier molecular flexibility index (Phi) is 15.2. The van der Waals surface area contributed by atoms with Crippen LogP contribution in [-0.4, -0.2) is 94.4 Å². The summed E-state index contributed by atoms with van der Waals surface area (Å²) in [4.78, 5) is 54.6. The Morgan fingerprint density at radius 3 is 2.33 bits per heavy atom. The summed E-state index contributed by atoms with van der Waals surface area (Å²) in [5, 5.41) is 26.6. The Labute approximate surface area is 306 Å².